The third-order valence-electron chi connectivity index (χ3n) is 6.77. The van der Waals surface area contributed by atoms with Gasteiger partial charge in [-0.2, -0.15) is 0 Å². The molecule has 0 aliphatic carbocycles. The molecule has 188 valence electrons. The SMILES string of the molecule is COc1cccnc1CNc1ccc2c(c1)Cc1cccc(-c3cc(N4CCOCC4)cc(=O)[nH]3)c1O2. The zero-order valence-corrected chi connectivity index (χ0v) is 20.6. The lowest BCUT2D eigenvalue weighted by atomic mass is 9.96. The minimum atomic E-state index is -0.131. The Morgan fingerprint density at radius 3 is 2.81 bits per heavy atom. The molecule has 6 rings (SSSR count). The summed E-state index contributed by atoms with van der Waals surface area (Å²) in [5.74, 6) is 2.35. The number of hydrogen-bond acceptors (Lipinski definition) is 7. The first-order valence-electron chi connectivity index (χ1n) is 12.4. The maximum Gasteiger partial charge on any atom is 0.250 e. The molecule has 2 aromatic heterocycles. The van der Waals surface area contributed by atoms with Crippen LogP contribution in [0.15, 0.2) is 71.7 Å². The van der Waals surface area contributed by atoms with E-state index in [9.17, 15) is 4.79 Å². The minimum Gasteiger partial charge on any atom is -0.495 e. The Labute approximate surface area is 214 Å². The Morgan fingerprint density at radius 2 is 1.95 bits per heavy atom. The van der Waals surface area contributed by atoms with Crippen LogP contribution in [0.5, 0.6) is 17.2 Å². The van der Waals surface area contributed by atoms with Crippen molar-refractivity contribution in [2.24, 2.45) is 0 Å². The van der Waals surface area contributed by atoms with Crippen molar-refractivity contribution in [2.75, 3.05) is 43.6 Å². The van der Waals surface area contributed by atoms with Gasteiger partial charge in [-0.25, -0.2) is 0 Å². The number of H-pyrrole nitrogens is 1. The van der Waals surface area contributed by atoms with Gasteiger partial charge in [0.25, 0.3) is 0 Å². The standard InChI is InChI=1S/C29H28N4O4/c1-35-27-6-3-9-30-25(27)18-31-21-7-8-26-20(15-21)14-19-4-2-5-23(29(19)37-26)24-16-22(17-28(34)32-24)33-10-12-36-13-11-33/h2-9,15-17,31H,10-14,18H2,1H3,(H,32,34). The Bertz CT molecular complexity index is 1490. The van der Waals surface area contributed by atoms with Crippen LogP contribution >= 0.6 is 0 Å². The lowest BCUT2D eigenvalue weighted by Crippen LogP contribution is -2.36. The van der Waals surface area contributed by atoms with Gasteiger partial charge in [-0.05, 0) is 48.0 Å². The van der Waals surface area contributed by atoms with E-state index in [1.165, 1.54) is 0 Å². The maximum absolute atomic E-state index is 12.6. The fourth-order valence-corrected chi connectivity index (χ4v) is 4.90. The van der Waals surface area contributed by atoms with Crippen molar-refractivity contribution in [3.05, 3.63) is 94.0 Å². The minimum absolute atomic E-state index is 0.131. The van der Waals surface area contributed by atoms with E-state index < -0.39 is 0 Å². The molecule has 8 nitrogen and oxygen atoms in total. The quantitative estimate of drug-likeness (QED) is 0.355. The van der Waals surface area contributed by atoms with Gasteiger partial charge in [0, 0.05) is 54.3 Å². The smallest absolute Gasteiger partial charge is 0.250 e. The number of ether oxygens (including phenoxy) is 3. The predicted octanol–water partition coefficient (Wildman–Crippen LogP) is 4.59. The largest absolute Gasteiger partial charge is 0.495 e. The highest BCUT2D eigenvalue weighted by molar-refractivity contribution is 5.74. The number of nitrogens with zero attached hydrogens (tertiary/aromatic N) is 2. The second-order valence-corrected chi connectivity index (χ2v) is 9.12. The number of nitrogens with one attached hydrogen (secondary N) is 2. The molecule has 1 saturated heterocycles. The number of aromatic nitrogens is 2. The van der Waals surface area contributed by atoms with E-state index in [0.29, 0.717) is 19.8 Å². The molecule has 2 N–H and O–H groups in total. The van der Waals surface area contributed by atoms with Gasteiger partial charge in [0.2, 0.25) is 5.56 Å². The number of morpholine rings is 1. The number of pyridine rings is 2. The van der Waals surface area contributed by atoms with Crippen molar-refractivity contribution in [3.8, 4) is 28.5 Å². The Morgan fingerprint density at radius 1 is 1.05 bits per heavy atom. The van der Waals surface area contributed by atoms with Crippen LogP contribution in [-0.4, -0.2) is 43.4 Å². The van der Waals surface area contributed by atoms with Gasteiger partial charge < -0.3 is 29.4 Å². The summed E-state index contributed by atoms with van der Waals surface area (Å²) in [7, 11) is 1.65. The molecule has 0 atom stereocenters. The lowest BCUT2D eigenvalue weighted by Gasteiger charge is -2.29. The molecule has 2 aromatic carbocycles. The number of aromatic amines is 1. The molecule has 0 amide bonds. The highest BCUT2D eigenvalue weighted by Crippen LogP contribution is 2.43. The fraction of sp³-hybridized carbons (Fsp3) is 0.241. The summed E-state index contributed by atoms with van der Waals surface area (Å²) in [5, 5.41) is 3.44. The Balaban J connectivity index is 1.26. The van der Waals surface area contributed by atoms with Crippen molar-refractivity contribution in [2.45, 2.75) is 13.0 Å². The van der Waals surface area contributed by atoms with Crippen LogP contribution in [0.2, 0.25) is 0 Å². The fourth-order valence-electron chi connectivity index (χ4n) is 4.90. The topological polar surface area (TPSA) is 88.7 Å². The van der Waals surface area contributed by atoms with Crippen LogP contribution in [-0.2, 0) is 17.7 Å². The van der Waals surface area contributed by atoms with Crippen LogP contribution in [0.3, 0.4) is 0 Å². The third-order valence-corrected chi connectivity index (χ3v) is 6.77. The monoisotopic (exact) mass is 496 g/mol. The molecule has 0 spiro atoms. The predicted molar refractivity (Wildman–Crippen MR) is 143 cm³/mol. The molecule has 4 heterocycles. The van der Waals surface area contributed by atoms with E-state index >= 15 is 0 Å². The molecule has 0 radical (unpaired) electrons. The summed E-state index contributed by atoms with van der Waals surface area (Å²) in [6, 6.07) is 19.6. The van der Waals surface area contributed by atoms with Gasteiger partial charge in [0.1, 0.15) is 22.9 Å². The number of benzene rings is 2. The second kappa shape index (κ2) is 9.99. The van der Waals surface area contributed by atoms with Crippen molar-refractivity contribution >= 4 is 11.4 Å². The molecule has 0 bridgehead atoms. The first kappa shape index (κ1) is 23.1. The van der Waals surface area contributed by atoms with Gasteiger partial charge in [-0.3, -0.25) is 9.78 Å². The maximum atomic E-state index is 12.6. The van der Waals surface area contributed by atoms with Crippen molar-refractivity contribution in [1.29, 1.82) is 0 Å². The van der Waals surface area contributed by atoms with E-state index in [0.717, 1.165) is 76.2 Å². The first-order chi connectivity index (χ1) is 18.2. The van der Waals surface area contributed by atoms with Gasteiger partial charge in [0.15, 0.2) is 0 Å². The van der Waals surface area contributed by atoms with Gasteiger partial charge in [0.05, 0.1) is 32.6 Å². The van der Waals surface area contributed by atoms with Gasteiger partial charge in [-0.1, -0.05) is 12.1 Å². The summed E-state index contributed by atoms with van der Waals surface area (Å²) in [6.45, 7) is 3.41. The highest BCUT2D eigenvalue weighted by atomic mass is 16.5. The average Bonchev–Trinajstić information content (AvgIpc) is 2.95. The summed E-state index contributed by atoms with van der Waals surface area (Å²) in [6.07, 6.45) is 2.49. The van der Waals surface area contributed by atoms with E-state index in [4.69, 9.17) is 14.2 Å². The second-order valence-electron chi connectivity index (χ2n) is 9.12. The highest BCUT2D eigenvalue weighted by Gasteiger charge is 2.22. The molecule has 2 aliphatic rings. The van der Waals surface area contributed by atoms with Crippen LogP contribution in [0.25, 0.3) is 11.3 Å². The molecular weight excluding hydrogens is 468 g/mol. The van der Waals surface area contributed by atoms with Crippen LogP contribution in [0.4, 0.5) is 11.4 Å². The zero-order valence-electron chi connectivity index (χ0n) is 20.6. The molecule has 2 aliphatic heterocycles. The molecular formula is C29H28N4O4. The van der Waals surface area contributed by atoms with Crippen molar-refractivity contribution in [1.82, 2.24) is 9.97 Å². The summed E-state index contributed by atoms with van der Waals surface area (Å²) < 4.78 is 17.3. The van der Waals surface area contributed by atoms with E-state index in [2.05, 4.69) is 32.3 Å². The summed E-state index contributed by atoms with van der Waals surface area (Å²) >= 11 is 0. The lowest BCUT2D eigenvalue weighted by molar-refractivity contribution is 0.122. The summed E-state index contributed by atoms with van der Waals surface area (Å²) in [4.78, 5) is 22.2. The zero-order chi connectivity index (χ0) is 25.2. The number of fused-ring (bicyclic) bond motifs is 2. The number of methoxy groups -OCH3 is 1. The van der Waals surface area contributed by atoms with E-state index in [1.54, 1.807) is 19.4 Å². The molecule has 37 heavy (non-hydrogen) atoms. The summed E-state index contributed by atoms with van der Waals surface area (Å²) in [5.41, 5.74) is 6.39. The molecule has 0 unspecified atom stereocenters. The number of rotatable bonds is 6. The van der Waals surface area contributed by atoms with Crippen molar-refractivity contribution in [3.63, 3.8) is 0 Å². The van der Waals surface area contributed by atoms with Crippen LogP contribution < -0.4 is 25.2 Å². The Kier molecular flexibility index (Phi) is 6.24. The molecule has 0 saturated carbocycles. The Hall–Kier alpha value is -4.30. The van der Waals surface area contributed by atoms with Gasteiger partial charge in [-0.15, -0.1) is 0 Å². The average molecular weight is 497 g/mol. The molecule has 1 fully saturated rings. The molecule has 4 aromatic rings. The normalized spacial score (nSPS) is 14.4. The first-order valence-corrected chi connectivity index (χ1v) is 12.4. The molecule has 8 heteroatoms. The number of para-hydroxylation sites is 1. The van der Waals surface area contributed by atoms with Gasteiger partial charge >= 0.3 is 0 Å². The van der Waals surface area contributed by atoms with E-state index in [1.807, 2.05) is 42.5 Å². The number of anilines is 2. The van der Waals surface area contributed by atoms with Crippen LogP contribution in [0.1, 0.15) is 16.8 Å². The van der Waals surface area contributed by atoms with E-state index in [-0.39, 0.29) is 5.56 Å². The van der Waals surface area contributed by atoms with Crippen molar-refractivity contribution < 1.29 is 14.2 Å². The van der Waals surface area contributed by atoms with Crippen LogP contribution in [0, 0.1) is 0 Å². The number of hydrogen-bond donors (Lipinski definition) is 2. The third kappa shape index (κ3) is 4.75.